The molecule has 8 aromatic rings. The molecule has 0 spiro atoms. The van der Waals surface area contributed by atoms with Crippen molar-refractivity contribution in [2.75, 3.05) is 0 Å². The van der Waals surface area contributed by atoms with Crippen LogP contribution in [0.5, 0.6) is 5.75 Å². The van der Waals surface area contributed by atoms with E-state index in [0.717, 1.165) is 66.9 Å². The first-order valence-corrected chi connectivity index (χ1v) is 20.3. The molecule has 0 amide bonds. The average Bonchev–Trinajstić information content (AvgIpc) is 3.60. The number of hydrogen-bond acceptors (Lipinski definition) is 3. The number of fused-ring (bicyclic) bond motifs is 1. The molecule has 0 aliphatic carbocycles. The van der Waals surface area contributed by atoms with Gasteiger partial charge in [0, 0.05) is 28.6 Å². The lowest BCUT2D eigenvalue weighted by Crippen LogP contribution is -2.17. The highest BCUT2D eigenvalue weighted by molar-refractivity contribution is 5.97. The van der Waals surface area contributed by atoms with Gasteiger partial charge in [0.15, 0.2) is 0 Å². The molecule has 0 bridgehead atoms. The lowest BCUT2D eigenvalue weighted by Gasteiger charge is -2.27. The molecule has 0 radical (unpaired) electrons. The van der Waals surface area contributed by atoms with Crippen LogP contribution in [0.15, 0.2) is 152 Å². The molecular weight excluding hydrogens is 707 g/mol. The molecule has 4 nitrogen and oxygen atoms in total. The normalized spacial score (nSPS) is 12.3. The molecule has 1 N–H and O–H groups in total. The summed E-state index contributed by atoms with van der Waals surface area (Å²) < 4.78 is 2.20. The zero-order valence-corrected chi connectivity index (χ0v) is 35.2. The summed E-state index contributed by atoms with van der Waals surface area (Å²) in [5.41, 5.74) is 15.0. The van der Waals surface area contributed by atoms with E-state index >= 15 is 0 Å². The van der Waals surface area contributed by atoms with Crippen molar-refractivity contribution in [3.63, 3.8) is 0 Å². The molecule has 290 valence electrons. The summed E-state index contributed by atoms with van der Waals surface area (Å²) in [5, 5.41) is 12.1. The predicted molar refractivity (Wildman–Crippen MR) is 244 cm³/mol. The van der Waals surface area contributed by atoms with Gasteiger partial charge in [0.25, 0.3) is 0 Å². The number of aromatic nitrogens is 3. The zero-order valence-electron chi connectivity index (χ0n) is 35.2. The summed E-state index contributed by atoms with van der Waals surface area (Å²) in [6.07, 6.45) is 1.91. The quantitative estimate of drug-likeness (QED) is 0.184. The summed E-state index contributed by atoms with van der Waals surface area (Å²) in [6.45, 7) is 19.9. The second-order valence-corrected chi connectivity index (χ2v) is 18.6. The highest BCUT2D eigenvalue weighted by Crippen LogP contribution is 2.45. The van der Waals surface area contributed by atoms with Gasteiger partial charge in [-0.05, 0) is 104 Å². The van der Waals surface area contributed by atoms with Gasteiger partial charge < -0.3 is 5.11 Å². The largest absolute Gasteiger partial charge is 0.507 e. The maximum atomic E-state index is 12.1. The van der Waals surface area contributed by atoms with Crippen LogP contribution in [0.1, 0.15) is 79.0 Å². The van der Waals surface area contributed by atoms with E-state index in [0.29, 0.717) is 5.82 Å². The van der Waals surface area contributed by atoms with Crippen molar-refractivity contribution in [2.45, 2.75) is 78.6 Å². The second-order valence-electron chi connectivity index (χ2n) is 18.6. The molecule has 0 fully saturated rings. The molecule has 4 heteroatoms. The van der Waals surface area contributed by atoms with Crippen molar-refractivity contribution in [2.24, 2.45) is 0 Å². The maximum absolute atomic E-state index is 12.1. The standard InChI is InChI=1S/C54H53N3O/c1-52(2,3)41-30-39(29-40(31-41)47-32-38(27-28-55-47)37-25-23-36(24-26-37)35-17-12-10-13-18-35)44-21-16-22-48-49(44)56-51(57(48)43-19-14-11-15-20-43)45-33-42(53(4,5)6)34-46(50(45)58)54(7,8)9/h10-34,58H,1-9H3. The molecule has 0 saturated heterocycles. The van der Waals surface area contributed by atoms with Crippen molar-refractivity contribution < 1.29 is 5.11 Å². The van der Waals surface area contributed by atoms with E-state index in [1.54, 1.807) is 0 Å². The molecular formula is C54H53N3O. The Labute approximate surface area is 343 Å². The highest BCUT2D eigenvalue weighted by Gasteiger charge is 2.29. The van der Waals surface area contributed by atoms with Crippen molar-refractivity contribution in [1.29, 1.82) is 0 Å². The predicted octanol–water partition coefficient (Wildman–Crippen LogP) is 14.4. The number of hydrogen-bond donors (Lipinski definition) is 1. The highest BCUT2D eigenvalue weighted by atomic mass is 16.3. The Bertz CT molecular complexity index is 2760. The van der Waals surface area contributed by atoms with Crippen LogP contribution in [-0.4, -0.2) is 19.6 Å². The van der Waals surface area contributed by atoms with Crippen molar-refractivity contribution >= 4 is 11.0 Å². The topological polar surface area (TPSA) is 50.9 Å². The molecule has 2 heterocycles. The van der Waals surface area contributed by atoms with Gasteiger partial charge in [-0.2, -0.15) is 0 Å². The van der Waals surface area contributed by atoms with E-state index in [1.165, 1.54) is 16.7 Å². The van der Waals surface area contributed by atoms with Gasteiger partial charge in [-0.1, -0.05) is 159 Å². The monoisotopic (exact) mass is 759 g/mol. The van der Waals surface area contributed by atoms with Crippen LogP contribution in [0, 0.1) is 0 Å². The number of pyridine rings is 1. The number of phenolic OH excluding ortho intramolecular Hbond substituents is 1. The third kappa shape index (κ3) is 7.47. The fraction of sp³-hybridized carbons (Fsp3) is 0.222. The molecule has 0 unspecified atom stereocenters. The number of phenols is 1. The van der Waals surface area contributed by atoms with Gasteiger partial charge in [0.2, 0.25) is 0 Å². The van der Waals surface area contributed by atoms with Gasteiger partial charge in [-0.3, -0.25) is 9.55 Å². The third-order valence-corrected chi connectivity index (χ3v) is 11.2. The van der Waals surface area contributed by atoms with Gasteiger partial charge in [-0.25, -0.2) is 4.98 Å². The molecule has 0 aliphatic heterocycles. The Morgan fingerprint density at radius 3 is 1.69 bits per heavy atom. The number of nitrogens with zero attached hydrogens (tertiary/aromatic N) is 3. The molecule has 0 saturated carbocycles. The molecule has 0 aliphatic rings. The zero-order chi connectivity index (χ0) is 41.0. The summed E-state index contributed by atoms with van der Waals surface area (Å²) >= 11 is 0. The Balaban J connectivity index is 1.32. The number of benzene rings is 6. The molecule has 2 aromatic heterocycles. The molecule has 8 rings (SSSR count). The minimum atomic E-state index is -0.282. The van der Waals surface area contributed by atoms with Crippen LogP contribution in [0.3, 0.4) is 0 Å². The molecule has 58 heavy (non-hydrogen) atoms. The SMILES string of the molecule is CC(C)(C)c1cc(-c2cc(-c3ccc(-c4ccccc4)cc3)ccn2)cc(-c2cccc3c2nc(-c2cc(C(C)(C)C)cc(C(C)(C)C)c2O)n3-c2ccccc2)c1. The van der Waals surface area contributed by atoms with Crippen molar-refractivity contribution in [1.82, 2.24) is 14.5 Å². The first-order chi connectivity index (χ1) is 27.6. The first kappa shape index (κ1) is 38.6. The number of imidazole rings is 1. The Kier molecular flexibility index (Phi) is 9.72. The van der Waals surface area contributed by atoms with Gasteiger partial charge in [0.05, 0.1) is 22.3 Å². The lowest BCUT2D eigenvalue weighted by molar-refractivity contribution is 0.446. The van der Waals surface area contributed by atoms with E-state index < -0.39 is 0 Å². The summed E-state index contributed by atoms with van der Waals surface area (Å²) in [7, 11) is 0. The average molecular weight is 760 g/mol. The third-order valence-electron chi connectivity index (χ3n) is 11.2. The second kappa shape index (κ2) is 14.6. The van der Waals surface area contributed by atoms with Crippen LogP contribution in [-0.2, 0) is 16.2 Å². The van der Waals surface area contributed by atoms with E-state index in [4.69, 9.17) is 9.97 Å². The van der Waals surface area contributed by atoms with E-state index in [2.05, 4.69) is 200 Å². The Morgan fingerprint density at radius 2 is 1.05 bits per heavy atom. The number of rotatable bonds is 6. The van der Waals surface area contributed by atoms with E-state index in [1.807, 2.05) is 18.3 Å². The van der Waals surface area contributed by atoms with Crippen molar-refractivity contribution in [3.05, 3.63) is 168 Å². The summed E-state index contributed by atoms with van der Waals surface area (Å²) in [5.74, 6) is 0.981. The summed E-state index contributed by atoms with van der Waals surface area (Å²) in [4.78, 5) is 10.4. The number of para-hydroxylation sites is 2. The van der Waals surface area contributed by atoms with Crippen molar-refractivity contribution in [3.8, 4) is 67.5 Å². The van der Waals surface area contributed by atoms with Crippen LogP contribution in [0.4, 0.5) is 0 Å². The molecule has 0 atom stereocenters. The van der Waals surface area contributed by atoms with Crippen LogP contribution in [0.25, 0.3) is 72.7 Å². The lowest BCUT2D eigenvalue weighted by atomic mass is 9.79. The van der Waals surface area contributed by atoms with Crippen LogP contribution < -0.4 is 0 Å². The van der Waals surface area contributed by atoms with E-state index in [9.17, 15) is 5.11 Å². The Hall–Kier alpha value is -6.26. The fourth-order valence-corrected chi connectivity index (χ4v) is 7.78. The maximum Gasteiger partial charge on any atom is 0.149 e. The van der Waals surface area contributed by atoms with Gasteiger partial charge in [-0.15, -0.1) is 0 Å². The summed E-state index contributed by atoms with van der Waals surface area (Å²) in [6, 6.07) is 51.5. The first-order valence-electron chi connectivity index (χ1n) is 20.3. The van der Waals surface area contributed by atoms with Gasteiger partial charge in [0.1, 0.15) is 11.6 Å². The van der Waals surface area contributed by atoms with Gasteiger partial charge >= 0.3 is 0 Å². The van der Waals surface area contributed by atoms with Crippen LogP contribution in [0.2, 0.25) is 0 Å². The minimum Gasteiger partial charge on any atom is -0.507 e. The Morgan fingerprint density at radius 1 is 0.466 bits per heavy atom. The fourth-order valence-electron chi connectivity index (χ4n) is 7.78. The minimum absolute atomic E-state index is 0.124. The van der Waals surface area contributed by atoms with Crippen LogP contribution >= 0.6 is 0 Å². The van der Waals surface area contributed by atoms with E-state index in [-0.39, 0.29) is 22.0 Å². The molecule has 6 aromatic carbocycles. The number of aromatic hydroxyl groups is 1. The smallest absolute Gasteiger partial charge is 0.149 e.